The minimum atomic E-state index is -5.01. The van der Waals surface area contributed by atoms with Crippen molar-refractivity contribution in [3.05, 3.63) is 0 Å². The minimum Gasteiger partial charge on any atom is -0.861 e. The summed E-state index contributed by atoms with van der Waals surface area (Å²) < 4.78 is 4.19. The second-order valence-corrected chi connectivity index (χ2v) is 6.53. The summed E-state index contributed by atoms with van der Waals surface area (Å²) in [5, 5.41) is 0. The Morgan fingerprint density at radius 3 is 1.23 bits per heavy atom. The third-order valence-corrected chi connectivity index (χ3v) is 3.83. The van der Waals surface area contributed by atoms with Gasteiger partial charge in [-0.3, -0.25) is 0 Å². The first-order chi connectivity index (χ1) is 9.06. The van der Waals surface area contributed by atoms with Crippen molar-refractivity contribution in [2.24, 2.45) is 0 Å². The molecule has 0 radical (unpaired) electrons. The van der Waals surface area contributed by atoms with Gasteiger partial charge in [-0.15, -0.1) is 9.05 Å². The van der Waals surface area contributed by atoms with Crippen molar-refractivity contribution >= 4 is 9.05 Å². The summed E-state index contributed by atoms with van der Waals surface area (Å²) in [6.45, 7) is 2.29. The quantitative estimate of drug-likeness (QED) is 0.228. The molecule has 0 fully saturated rings. The van der Waals surface area contributed by atoms with Crippen LogP contribution in [0.3, 0.4) is 0 Å². The second kappa shape index (κ2) is 24.1. The first-order valence-electron chi connectivity index (χ1n) is 7.81. The molecule has 0 aliphatic carbocycles. The van der Waals surface area contributed by atoms with Crippen molar-refractivity contribution in [1.29, 1.82) is 0 Å². The number of unbranched alkanes of at least 4 members (excludes halogenated alkanes) is 11. The molecule has 0 saturated carbocycles. The van der Waals surface area contributed by atoms with E-state index in [1.165, 1.54) is 57.8 Å². The van der Waals surface area contributed by atoms with Crippen LogP contribution < -0.4 is 103 Å². The molecule has 0 aromatic heterocycles. The minimum absolute atomic E-state index is 0. The molecule has 0 spiro atoms. The Kier molecular flexibility index (Phi) is 35.8. The van der Waals surface area contributed by atoms with Crippen molar-refractivity contribution < 1.29 is 107 Å². The van der Waals surface area contributed by atoms with Crippen LogP contribution in [-0.2, 0) is 4.43 Å². The maximum atomic E-state index is 10.2. The van der Waals surface area contributed by atoms with E-state index < -0.39 is 9.05 Å². The zero-order valence-corrected chi connectivity index (χ0v) is 22.3. The molecular weight excluding hydrogens is 329 g/mol. The average Bonchev–Trinajstić information content (AvgIpc) is 2.34. The van der Waals surface area contributed by atoms with E-state index in [2.05, 4.69) is 11.3 Å². The summed E-state index contributed by atoms with van der Waals surface area (Å²) in [5.74, 6) is 0. The van der Waals surface area contributed by atoms with Crippen LogP contribution in [-0.4, -0.2) is 15.7 Å². The summed E-state index contributed by atoms with van der Waals surface area (Å²) in [6.07, 6.45) is 14.6. The topological polar surface area (TPSA) is 78.4 Å². The summed E-state index contributed by atoms with van der Waals surface area (Å²) in [6, 6.07) is 0. The van der Waals surface area contributed by atoms with Gasteiger partial charge in [-0.25, -0.2) is 0 Å². The maximum absolute atomic E-state index is 10.2. The Morgan fingerprint density at radius 1 is 0.591 bits per heavy atom. The Bertz CT molecular complexity index is 195. The fourth-order valence-electron chi connectivity index (χ4n) is 2.14. The van der Waals surface area contributed by atoms with Gasteiger partial charge >= 0.3 is 88.7 Å². The van der Waals surface area contributed by atoms with Gasteiger partial charge in [-0.05, 0) is 6.42 Å². The molecule has 0 aliphatic rings. The van der Waals surface area contributed by atoms with E-state index in [1.807, 2.05) is 0 Å². The SMILES string of the molecule is CCCCCCCCCCCCCCO[Si]([O-])([O-])[O-].[Na+].[Na+].[Na+]. The van der Waals surface area contributed by atoms with E-state index in [0.717, 1.165) is 12.8 Å². The summed E-state index contributed by atoms with van der Waals surface area (Å²) in [4.78, 5) is 30.6. The van der Waals surface area contributed by atoms with Gasteiger partial charge in [0, 0.05) is 6.61 Å². The molecule has 0 N–H and O–H groups in total. The summed E-state index contributed by atoms with van der Waals surface area (Å²) >= 11 is 0. The van der Waals surface area contributed by atoms with Crippen LogP contribution >= 0.6 is 0 Å². The van der Waals surface area contributed by atoms with Gasteiger partial charge in [-0.2, -0.15) is 0 Å². The molecular formula is C14H29Na3O4Si. The normalized spacial score (nSPS) is 10.4. The number of hydrogen-bond acceptors (Lipinski definition) is 4. The molecule has 22 heavy (non-hydrogen) atoms. The first-order valence-corrected chi connectivity index (χ1v) is 9.45. The second-order valence-electron chi connectivity index (χ2n) is 5.24. The Balaban J connectivity index is -0.000000540. The van der Waals surface area contributed by atoms with Gasteiger partial charge in [-0.1, -0.05) is 77.6 Å². The molecule has 0 rings (SSSR count). The maximum Gasteiger partial charge on any atom is 1.00 e. The third-order valence-electron chi connectivity index (χ3n) is 3.28. The summed E-state index contributed by atoms with van der Waals surface area (Å²) in [7, 11) is -5.01. The number of rotatable bonds is 14. The zero-order valence-electron chi connectivity index (χ0n) is 15.3. The molecule has 0 unspecified atom stereocenters. The average molecular weight is 358 g/mol. The van der Waals surface area contributed by atoms with Gasteiger partial charge in [0.1, 0.15) is 0 Å². The van der Waals surface area contributed by atoms with E-state index in [0.29, 0.717) is 6.42 Å². The van der Waals surface area contributed by atoms with Crippen molar-refractivity contribution in [3.8, 4) is 0 Å². The smallest absolute Gasteiger partial charge is 0.861 e. The molecule has 8 heteroatoms. The van der Waals surface area contributed by atoms with Gasteiger partial charge in [0.25, 0.3) is 0 Å². The predicted molar refractivity (Wildman–Crippen MR) is 72.8 cm³/mol. The molecule has 4 nitrogen and oxygen atoms in total. The molecule has 0 saturated heterocycles. The Morgan fingerprint density at radius 2 is 0.909 bits per heavy atom. The summed E-state index contributed by atoms with van der Waals surface area (Å²) in [5.41, 5.74) is 0. The van der Waals surface area contributed by atoms with Crippen molar-refractivity contribution in [3.63, 3.8) is 0 Å². The van der Waals surface area contributed by atoms with E-state index in [-0.39, 0.29) is 95.3 Å². The van der Waals surface area contributed by atoms with Crippen LogP contribution in [0, 0.1) is 0 Å². The van der Waals surface area contributed by atoms with E-state index in [9.17, 15) is 14.4 Å². The molecule has 116 valence electrons. The molecule has 0 aromatic carbocycles. The van der Waals surface area contributed by atoms with E-state index in [4.69, 9.17) is 0 Å². The van der Waals surface area contributed by atoms with Crippen molar-refractivity contribution in [2.75, 3.05) is 6.61 Å². The number of hydrogen-bond donors (Lipinski definition) is 0. The van der Waals surface area contributed by atoms with Gasteiger partial charge in [0.2, 0.25) is 0 Å². The molecule has 0 heterocycles. The molecule has 0 aromatic rings. The Labute approximate surface area is 204 Å². The van der Waals surface area contributed by atoms with Crippen LogP contribution in [0.1, 0.15) is 84.0 Å². The first kappa shape index (κ1) is 32.7. The fourth-order valence-corrected chi connectivity index (χ4v) is 2.53. The zero-order chi connectivity index (χ0) is 14.4. The Hall–Kier alpha value is 3.06. The van der Waals surface area contributed by atoms with Crippen LogP contribution in [0.2, 0.25) is 0 Å². The van der Waals surface area contributed by atoms with Crippen LogP contribution in [0.5, 0.6) is 0 Å². The molecule has 0 aliphatic heterocycles. The van der Waals surface area contributed by atoms with E-state index in [1.54, 1.807) is 0 Å². The molecule has 0 atom stereocenters. The standard InChI is InChI=1S/C14H29O4Si.3Na/c1-2-3-4-5-6-7-8-9-10-11-12-13-14-18-19(15,16)17;;;/h2-14H2,1H3;;;/q-3;3*+1. The van der Waals surface area contributed by atoms with Crippen LogP contribution in [0.15, 0.2) is 0 Å². The largest absolute Gasteiger partial charge is 1.00 e. The fraction of sp³-hybridized carbons (Fsp3) is 1.00. The van der Waals surface area contributed by atoms with Crippen molar-refractivity contribution in [1.82, 2.24) is 0 Å². The third kappa shape index (κ3) is 30.9. The molecule has 0 amide bonds. The van der Waals surface area contributed by atoms with E-state index >= 15 is 0 Å². The van der Waals surface area contributed by atoms with Gasteiger partial charge < -0.3 is 18.8 Å². The molecule has 0 bridgehead atoms. The van der Waals surface area contributed by atoms with Gasteiger partial charge in [0.05, 0.1) is 0 Å². The monoisotopic (exact) mass is 358 g/mol. The van der Waals surface area contributed by atoms with Crippen LogP contribution in [0.4, 0.5) is 0 Å². The van der Waals surface area contributed by atoms with Crippen molar-refractivity contribution in [2.45, 2.75) is 84.0 Å². The van der Waals surface area contributed by atoms with Crippen LogP contribution in [0.25, 0.3) is 0 Å². The van der Waals surface area contributed by atoms with Gasteiger partial charge in [0.15, 0.2) is 0 Å². The predicted octanol–water partition coefficient (Wildman–Crippen LogP) is -7.77.